The van der Waals surface area contributed by atoms with Crippen molar-refractivity contribution in [2.24, 2.45) is 0 Å². The van der Waals surface area contributed by atoms with Crippen LogP contribution in [0, 0.1) is 0 Å². The molecule has 0 aromatic heterocycles. The lowest BCUT2D eigenvalue weighted by Gasteiger charge is -2.18. The highest BCUT2D eigenvalue weighted by atomic mass is 31.2. The topological polar surface area (TPSA) is 102 Å². The largest absolute Gasteiger partial charge is 0.419 e. The Bertz CT molecular complexity index is 322. The van der Waals surface area contributed by atoms with E-state index < -0.39 is 33.4 Å². The Morgan fingerprint density at radius 2 is 1.50 bits per heavy atom. The number of hydrogen-bond donors (Lipinski definition) is 2. The average Bonchev–Trinajstić information content (AvgIpc) is 2.25. The first-order chi connectivity index (χ1) is 8.23. The summed E-state index contributed by atoms with van der Waals surface area (Å²) in [4.78, 5) is 39.6. The van der Waals surface area contributed by atoms with Gasteiger partial charge in [0, 0.05) is 11.1 Å². The molecule has 0 aliphatic rings. The number of hydrogen-bond acceptors (Lipinski definition) is 7. The minimum Gasteiger partial charge on any atom is -0.419 e. The van der Waals surface area contributed by atoms with Crippen LogP contribution < -0.4 is 0 Å². The second-order valence-electron chi connectivity index (χ2n) is 3.35. The van der Waals surface area contributed by atoms with E-state index in [0.717, 1.165) is 0 Å². The molecule has 0 aliphatic carbocycles. The predicted molar refractivity (Wildman–Crippen MR) is 62.9 cm³/mol. The lowest BCUT2D eigenvalue weighted by atomic mass is 10.3. The van der Waals surface area contributed by atoms with Crippen molar-refractivity contribution in [1.82, 2.24) is 0 Å². The molecular formula is C10H15O7P. The van der Waals surface area contributed by atoms with Gasteiger partial charge >= 0.3 is 20.5 Å². The zero-order valence-electron chi connectivity index (χ0n) is 10.1. The highest BCUT2D eigenvalue weighted by Gasteiger charge is 2.21. The Morgan fingerprint density at radius 3 is 1.78 bits per heavy atom. The molecule has 0 aromatic rings. The maximum atomic E-state index is 11.2. The van der Waals surface area contributed by atoms with Crippen molar-refractivity contribution in [3.8, 4) is 0 Å². The second kappa shape index (κ2) is 7.94. The number of carbonyl (C=O) groups excluding carboxylic acids is 2. The van der Waals surface area contributed by atoms with Gasteiger partial charge in [-0.25, -0.2) is 9.59 Å². The van der Waals surface area contributed by atoms with E-state index in [9.17, 15) is 9.59 Å². The van der Waals surface area contributed by atoms with Crippen LogP contribution in [0.4, 0.5) is 0 Å². The minimum absolute atomic E-state index is 0.0987. The molecular weight excluding hydrogens is 263 g/mol. The normalized spacial score (nSPS) is 10.3. The Balaban J connectivity index is 4.51. The van der Waals surface area contributed by atoms with Gasteiger partial charge in [0.15, 0.2) is 0 Å². The van der Waals surface area contributed by atoms with Crippen LogP contribution >= 0.6 is 8.60 Å². The molecule has 0 saturated heterocycles. The third-order valence-corrected chi connectivity index (χ3v) is 1.88. The van der Waals surface area contributed by atoms with Gasteiger partial charge < -0.3 is 23.8 Å². The van der Waals surface area contributed by atoms with Gasteiger partial charge in [-0.15, -0.1) is 0 Å². The summed E-state index contributed by atoms with van der Waals surface area (Å²) in [6.07, 6.45) is -1.40. The summed E-state index contributed by atoms with van der Waals surface area (Å²) in [5.41, 5.74) is 0.197. The lowest BCUT2D eigenvalue weighted by molar-refractivity contribution is -0.187. The zero-order valence-corrected chi connectivity index (χ0v) is 11.0. The first-order valence-corrected chi connectivity index (χ1v) is 5.94. The fourth-order valence-corrected chi connectivity index (χ4v) is 0.915. The van der Waals surface area contributed by atoms with Crippen molar-refractivity contribution >= 4 is 20.5 Å². The fraction of sp³-hybridized carbons (Fsp3) is 0.400. The van der Waals surface area contributed by atoms with E-state index in [4.69, 9.17) is 19.3 Å². The number of esters is 2. The van der Waals surface area contributed by atoms with Crippen molar-refractivity contribution in [3.63, 3.8) is 0 Å². The standard InChI is InChI=1S/C10H15O7P/c1-6(2)9(11)16-8(5-15-18(13)14)17-10(12)7(3)4/h8,13-14H,1,3,5H2,2,4H3. The zero-order chi connectivity index (χ0) is 14.3. The highest BCUT2D eigenvalue weighted by molar-refractivity contribution is 7.39. The average molecular weight is 278 g/mol. The summed E-state index contributed by atoms with van der Waals surface area (Å²) in [5.74, 6) is -1.59. The molecule has 0 rings (SSSR count). The van der Waals surface area contributed by atoms with E-state index in [1.807, 2.05) is 0 Å². The molecule has 8 heteroatoms. The molecule has 18 heavy (non-hydrogen) atoms. The summed E-state index contributed by atoms with van der Waals surface area (Å²) in [5, 5.41) is 0. The highest BCUT2D eigenvalue weighted by Crippen LogP contribution is 2.25. The van der Waals surface area contributed by atoms with Gasteiger partial charge in [0.25, 0.3) is 6.29 Å². The molecule has 0 unspecified atom stereocenters. The molecule has 7 nitrogen and oxygen atoms in total. The van der Waals surface area contributed by atoms with Gasteiger partial charge in [-0.3, -0.25) is 0 Å². The lowest BCUT2D eigenvalue weighted by Crippen LogP contribution is -2.29. The Morgan fingerprint density at radius 1 is 1.11 bits per heavy atom. The summed E-state index contributed by atoms with van der Waals surface area (Å²) in [7, 11) is -2.64. The van der Waals surface area contributed by atoms with Crippen molar-refractivity contribution < 1.29 is 33.4 Å². The quantitative estimate of drug-likeness (QED) is 0.307. The van der Waals surface area contributed by atoms with Crippen LogP contribution in [0.3, 0.4) is 0 Å². The molecule has 0 atom stereocenters. The van der Waals surface area contributed by atoms with Crippen LogP contribution in [-0.2, 0) is 23.6 Å². The molecule has 0 bridgehead atoms. The Labute approximate surface area is 106 Å². The van der Waals surface area contributed by atoms with Crippen LogP contribution in [0.2, 0.25) is 0 Å². The van der Waals surface area contributed by atoms with Crippen LogP contribution in [0.5, 0.6) is 0 Å². The maximum absolute atomic E-state index is 11.2. The van der Waals surface area contributed by atoms with Gasteiger partial charge in [0.1, 0.15) is 6.61 Å². The predicted octanol–water partition coefficient (Wildman–Crippen LogP) is 0.779. The summed E-state index contributed by atoms with van der Waals surface area (Å²) >= 11 is 0. The van der Waals surface area contributed by atoms with Crippen molar-refractivity contribution in [2.45, 2.75) is 20.1 Å². The monoisotopic (exact) mass is 278 g/mol. The van der Waals surface area contributed by atoms with Gasteiger partial charge in [0.05, 0.1) is 0 Å². The Kier molecular flexibility index (Phi) is 7.38. The molecule has 0 fully saturated rings. The third-order valence-electron chi connectivity index (χ3n) is 1.50. The summed E-state index contributed by atoms with van der Waals surface area (Å²) in [6.45, 7) is 9.01. The number of carbonyl (C=O) groups is 2. The van der Waals surface area contributed by atoms with Crippen LogP contribution in [0.1, 0.15) is 13.8 Å². The van der Waals surface area contributed by atoms with E-state index in [0.29, 0.717) is 0 Å². The number of ether oxygens (including phenoxy) is 2. The van der Waals surface area contributed by atoms with E-state index in [-0.39, 0.29) is 11.1 Å². The molecule has 0 aliphatic heterocycles. The first-order valence-electron chi connectivity index (χ1n) is 4.77. The molecule has 0 saturated carbocycles. The SMILES string of the molecule is C=C(C)C(=O)OC(COP(O)O)OC(=O)C(=C)C. The van der Waals surface area contributed by atoms with Crippen molar-refractivity contribution in [3.05, 3.63) is 24.3 Å². The molecule has 0 spiro atoms. The van der Waals surface area contributed by atoms with E-state index in [1.165, 1.54) is 13.8 Å². The van der Waals surface area contributed by atoms with Crippen molar-refractivity contribution in [2.75, 3.05) is 6.61 Å². The van der Waals surface area contributed by atoms with Crippen molar-refractivity contribution in [1.29, 1.82) is 0 Å². The van der Waals surface area contributed by atoms with Gasteiger partial charge in [0.2, 0.25) is 0 Å². The first kappa shape index (κ1) is 16.7. The van der Waals surface area contributed by atoms with Crippen LogP contribution in [-0.4, -0.2) is 34.6 Å². The molecule has 0 heterocycles. The second-order valence-corrected chi connectivity index (χ2v) is 4.11. The molecule has 0 aromatic carbocycles. The maximum Gasteiger partial charge on any atom is 0.336 e. The van der Waals surface area contributed by atoms with Gasteiger partial charge in [-0.05, 0) is 13.8 Å². The van der Waals surface area contributed by atoms with Gasteiger partial charge in [-0.2, -0.15) is 0 Å². The smallest absolute Gasteiger partial charge is 0.336 e. The summed E-state index contributed by atoms with van der Waals surface area (Å²) in [6, 6.07) is 0. The van der Waals surface area contributed by atoms with Crippen LogP contribution in [0.25, 0.3) is 0 Å². The molecule has 0 amide bonds. The Hall–Kier alpha value is -1.27. The van der Waals surface area contributed by atoms with E-state index in [1.54, 1.807) is 0 Å². The minimum atomic E-state index is -2.64. The summed E-state index contributed by atoms with van der Waals surface area (Å²) < 4.78 is 13.9. The molecule has 102 valence electrons. The van der Waals surface area contributed by atoms with Gasteiger partial charge in [-0.1, -0.05) is 13.2 Å². The molecule has 2 N–H and O–H groups in total. The number of rotatable bonds is 7. The third kappa shape index (κ3) is 7.13. The van der Waals surface area contributed by atoms with E-state index >= 15 is 0 Å². The molecule has 0 radical (unpaired) electrons. The fourth-order valence-electron chi connectivity index (χ4n) is 0.660. The van der Waals surface area contributed by atoms with E-state index in [2.05, 4.69) is 17.7 Å². The van der Waals surface area contributed by atoms with Crippen LogP contribution in [0.15, 0.2) is 24.3 Å².